The first kappa shape index (κ1) is 10.8. The van der Waals surface area contributed by atoms with Crippen LogP contribution < -0.4 is 10.2 Å². The summed E-state index contributed by atoms with van der Waals surface area (Å²) in [6.45, 7) is 0.311. The van der Waals surface area contributed by atoms with Crippen LogP contribution in [0.1, 0.15) is 12.1 Å². The fourth-order valence-electron chi connectivity index (χ4n) is 1.37. The first-order chi connectivity index (χ1) is 7.70. The minimum Gasteiger partial charge on any atom is -0.278 e. The van der Waals surface area contributed by atoms with Crippen LogP contribution in [0.3, 0.4) is 0 Å². The van der Waals surface area contributed by atoms with Crippen LogP contribution in [-0.2, 0) is 10.7 Å². The van der Waals surface area contributed by atoms with E-state index in [1.54, 1.807) is 0 Å². The molecule has 84 valence electrons. The standard InChI is InChI=1S/C9H9ClN4O2/c10-3-6-4-11-5-7(12-6)14-2-1-8(15)13-9(14)16/h4-5H,1-3H2,(H,13,15,16). The van der Waals surface area contributed by atoms with Gasteiger partial charge in [0.15, 0.2) is 5.82 Å². The number of hydrogen-bond donors (Lipinski definition) is 1. The van der Waals surface area contributed by atoms with Crippen molar-refractivity contribution >= 4 is 29.4 Å². The predicted octanol–water partition coefficient (Wildman–Crippen LogP) is 0.662. The van der Waals surface area contributed by atoms with E-state index in [0.717, 1.165) is 0 Å². The number of nitrogens with one attached hydrogen (secondary N) is 1. The molecule has 0 atom stereocenters. The highest BCUT2D eigenvalue weighted by molar-refractivity contribution is 6.16. The number of halogens is 1. The molecule has 1 aliphatic heterocycles. The van der Waals surface area contributed by atoms with Crippen molar-refractivity contribution in [2.75, 3.05) is 11.4 Å². The number of carbonyl (C=O) groups excluding carboxylic acids is 2. The van der Waals surface area contributed by atoms with E-state index in [1.165, 1.54) is 17.3 Å². The summed E-state index contributed by atoms with van der Waals surface area (Å²) >= 11 is 5.62. The topological polar surface area (TPSA) is 75.2 Å². The molecule has 1 N–H and O–H groups in total. The molecule has 0 bridgehead atoms. The highest BCUT2D eigenvalue weighted by atomic mass is 35.5. The number of anilines is 1. The normalized spacial score (nSPS) is 16.2. The molecule has 7 heteroatoms. The zero-order valence-corrected chi connectivity index (χ0v) is 9.07. The van der Waals surface area contributed by atoms with E-state index < -0.39 is 6.03 Å². The summed E-state index contributed by atoms with van der Waals surface area (Å²) in [6, 6.07) is -0.475. The number of urea groups is 1. The van der Waals surface area contributed by atoms with Crippen LogP contribution in [0.25, 0.3) is 0 Å². The maximum atomic E-state index is 11.5. The predicted molar refractivity (Wildman–Crippen MR) is 57.1 cm³/mol. The van der Waals surface area contributed by atoms with Crippen molar-refractivity contribution < 1.29 is 9.59 Å². The molecule has 1 fully saturated rings. The number of imide groups is 1. The third-order valence-electron chi connectivity index (χ3n) is 2.14. The van der Waals surface area contributed by atoms with E-state index in [0.29, 0.717) is 18.1 Å². The van der Waals surface area contributed by atoms with Gasteiger partial charge in [-0.1, -0.05) is 0 Å². The molecule has 16 heavy (non-hydrogen) atoms. The van der Waals surface area contributed by atoms with Gasteiger partial charge in [-0.3, -0.25) is 20.0 Å². The summed E-state index contributed by atoms with van der Waals surface area (Å²) < 4.78 is 0. The molecule has 0 unspecified atom stereocenters. The molecule has 0 saturated carbocycles. The first-order valence-electron chi connectivity index (χ1n) is 4.69. The Hall–Kier alpha value is -1.69. The quantitative estimate of drug-likeness (QED) is 0.771. The number of rotatable bonds is 2. The van der Waals surface area contributed by atoms with Crippen LogP contribution in [0.2, 0.25) is 0 Å². The molecule has 6 nitrogen and oxygen atoms in total. The lowest BCUT2D eigenvalue weighted by molar-refractivity contribution is -0.120. The Morgan fingerprint density at radius 2 is 2.25 bits per heavy atom. The molecule has 1 aliphatic rings. The molecule has 1 aromatic rings. The highest BCUT2D eigenvalue weighted by Gasteiger charge is 2.25. The van der Waals surface area contributed by atoms with Crippen molar-refractivity contribution in [1.29, 1.82) is 0 Å². The van der Waals surface area contributed by atoms with Gasteiger partial charge >= 0.3 is 6.03 Å². The molecule has 3 amide bonds. The van der Waals surface area contributed by atoms with Crippen LogP contribution in [-0.4, -0.2) is 28.5 Å². The van der Waals surface area contributed by atoms with Gasteiger partial charge in [-0.15, -0.1) is 11.6 Å². The summed E-state index contributed by atoms with van der Waals surface area (Å²) in [5.74, 6) is 0.362. The summed E-state index contributed by atoms with van der Waals surface area (Å²) in [5.41, 5.74) is 0.587. The molecule has 2 heterocycles. The lowest BCUT2D eigenvalue weighted by atomic mass is 10.3. The SMILES string of the molecule is O=C1CCN(c2cncc(CCl)n2)C(=O)N1. The monoisotopic (exact) mass is 240 g/mol. The number of hydrogen-bond acceptors (Lipinski definition) is 4. The van der Waals surface area contributed by atoms with Gasteiger partial charge in [-0.2, -0.15) is 0 Å². The van der Waals surface area contributed by atoms with Gasteiger partial charge in [0, 0.05) is 19.2 Å². The zero-order chi connectivity index (χ0) is 11.5. The maximum Gasteiger partial charge on any atom is 0.329 e. The second kappa shape index (κ2) is 4.44. The zero-order valence-electron chi connectivity index (χ0n) is 8.31. The Labute approximate surface area is 96.6 Å². The fraction of sp³-hybridized carbons (Fsp3) is 0.333. The molecule has 1 aromatic heterocycles. The van der Waals surface area contributed by atoms with E-state index in [2.05, 4.69) is 15.3 Å². The Bertz CT molecular complexity index is 437. The van der Waals surface area contributed by atoms with E-state index in [-0.39, 0.29) is 18.2 Å². The van der Waals surface area contributed by atoms with Crippen molar-refractivity contribution in [3.8, 4) is 0 Å². The van der Waals surface area contributed by atoms with E-state index in [4.69, 9.17) is 11.6 Å². The summed E-state index contributed by atoms with van der Waals surface area (Å²) in [4.78, 5) is 31.9. The van der Waals surface area contributed by atoms with Gasteiger partial charge < -0.3 is 0 Å². The van der Waals surface area contributed by atoms with Crippen molar-refractivity contribution in [3.63, 3.8) is 0 Å². The van der Waals surface area contributed by atoms with Crippen LogP contribution in [0.4, 0.5) is 10.6 Å². The molecule has 2 rings (SSSR count). The lowest BCUT2D eigenvalue weighted by Gasteiger charge is -2.25. The smallest absolute Gasteiger partial charge is 0.278 e. The molecular weight excluding hydrogens is 232 g/mol. The van der Waals surface area contributed by atoms with Crippen LogP contribution >= 0.6 is 11.6 Å². The number of aromatic nitrogens is 2. The third-order valence-corrected chi connectivity index (χ3v) is 2.41. The lowest BCUT2D eigenvalue weighted by Crippen LogP contribution is -2.50. The Morgan fingerprint density at radius 3 is 2.94 bits per heavy atom. The fourth-order valence-corrected chi connectivity index (χ4v) is 1.50. The van der Waals surface area contributed by atoms with Gasteiger partial charge in [0.25, 0.3) is 0 Å². The second-order valence-corrected chi connectivity index (χ2v) is 3.52. The Morgan fingerprint density at radius 1 is 1.44 bits per heavy atom. The van der Waals surface area contributed by atoms with E-state index >= 15 is 0 Å². The van der Waals surface area contributed by atoms with Crippen molar-refractivity contribution in [2.45, 2.75) is 12.3 Å². The van der Waals surface area contributed by atoms with Gasteiger partial charge in [0.1, 0.15) is 0 Å². The van der Waals surface area contributed by atoms with Crippen molar-refractivity contribution in [2.24, 2.45) is 0 Å². The molecule has 0 spiro atoms. The minimum atomic E-state index is -0.475. The van der Waals surface area contributed by atoms with Crippen molar-refractivity contribution in [1.82, 2.24) is 15.3 Å². The second-order valence-electron chi connectivity index (χ2n) is 3.26. The molecular formula is C9H9ClN4O2. The Kier molecular flexibility index (Phi) is 3.00. The summed E-state index contributed by atoms with van der Waals surface area (Å²) in [6.07, 6.45) is 3.26. The number of nitrogens with zero attached hydrogens (tertiary/aromatic N) is 3. The largest absolute Gasteiger partial charge is 0.329 e. The highest BCUT2D eigenvalue weighted by Crippen LogP contribution is 2.13. The number of carbonyl (C=O) groups is 2. The van der Waals surface area contributed by atoms with E-state index in [9.17, 15) is 9.59 Å². The molecule has 0 aliphatic carbocycles. The van der Waals surface area contributed by atoms with Gasteiger partial charge in [0.2, 0.25) is 5.91 Å². The first-order valence-corrected chi connectivity index (χ1v) is 5.22. The average molecular weight is 241 g/mol. The molecule has 0 aromatic carbocycles. The van der Waals surface area contributed by atoms with Crippen molar-refractivity contribution in [3.05, 3.63) is 18.1 Å². The van der Waals surface area contributed by atoms with Gasteiger partial charge in [0.05, 0.1) is 17.8 Å². The van der Waals surface area contributed by atoms with Crippen LogP contribution in [0, 0.1) is 0 Å². The number of amides is 3. The molecule has 1 saturated heterocycles. The van der Waals surface area contributed by atoms with Crippen LogP contribution in [0.5, 0.6) is 0 Å². The van der Waals surface area contributed by atoms with Gasteiger partial charge in [-0.25, -0.2) is 9.78 Å². The number of alkyl halides is 1. The van der Waals surface area contributed by atoms with E-state index in [1.807, 2.05) is 0 Å². The van der Waals surface area contributed by atoms with Gasteiger partial charge in [-0.05, 0) is 0 Å². The summed E-state index contributed by atoms with van der Waals surface area (Å²) in [7, 11) is 0. The maximum absolute atomic E-state index is 11.5. The third kappa shape index (κ3) is 2.11. The summed E-state index contributed by atoms with van der Waals surface area (Å²) in [5, 5.41) is 2.21. The van der Waals surface area contributed by atoms with Crippen LogP contribution in [0.15, 0.2) is 12.4 Å². The Balaban J connectivity index is 2.23. The average Bonchev–Trinajstić information content (AvgIpc) is 2.29. The minimum absolute atomic E-state index is 0.231. The molecule has 0 radical (unpaired) electrons.